The lowest BCUT2D eigenvalue weighted by Gasteiger charge is -2.31. The molecule has 0 aliphatic carbocycles. The first-order chi connectivity index (χ1) is 11.2. The van der Waals surface area contributed by atoms with Crippen LogP contribution in [0.5, 0.6) is 5.75 Å². The molecule has 1 amide bonds. The standard InChI is InChI=1S/C18H29N3O2.ClH/c1-3-11-23-17-8-6-15(7-9-17)12-20-18(22)14-21-10-4-5-16(13-21)19-2;/h6-9,16,19H,3-5,10-14H2,1-2H3,(H,20,22);1H. The molecule has 24 heavy (non-hydrogen) atoms. The number of amides is 1. The fourth-order valence-electron chi connectivity index (χ4n) is 2.82. The molecule has 0 spiro atoms. The van der Waals surface area contributed by atoms with E-state index in [1.807, 2.05) is 31.3 Å². The van der Waals surface area contributed by atoms with Crippen LogP contribution in [0.1, 0.15) is 31.7 Å². The van der Waals surface area contributed by atoms with Crippen molar-refractivity contribution in [2.75, 3.05) is 33.3 Å². The summed E-state index contributed by atoms with van der Waals surface area (Å²) in [7, 11) is 1.99. The highest BCUT2D eigenvalue weighted by Gasteiger charge is 2.19. The van der Waals surface area contributed by atoms with E-state index in [0.29, 0.717) is 19.1 Å². The predicted octanol–water partition coefficient (Wildman–Crippen LogP) is 2.20. The molecule has 5 nitrogen and oxygen atoms in total. The minimum absolute atomic E-state index is 0. The van der Waals surface area contributed by atoms with Gasteiger partial charge in [-0.25, -0.2) is 0 Å². The van der Waals surface area contributed by atoms with E-state index in [9.17, 15) is 4.79 Å². The summed E-state index contributed by atoms with van der Waals surface area (Å²) in [6.45, 7) is 5.83. The van der Waals surface area contributed by atoms with Crippen molar-refractivity contribution in [1.82, 2.24) is 15.5 Å². The fraction of sp³-hybridized carbons (Fsp3) is 0.611. The van der Waals surface area contributed by atoms with Crippen LogP contribution in [0.2, 0.25) is 0 Å². The first-order valence-corrected chi connectivity index (χ1v) is 8.59. The summed E-state index contributed by atoms with van der Waals surface area (Å²) < 4.78 is 5.56. The first kappa shape index (κ1) is 20.7. The third-order valence-electron chi connectivity index (χ3n) is 4.17. The van der Waals surface area contributed by atoms with Crippen LogP contribution in [-0.4, -0.2) is 50.1 Å². The molecule has 6 heteroatoms. The van der Waals surface area contributed by atoms with E-state index in [1.165, 1.54) is 6.42 Å². The molecule has 1 fully saturated rings. The van der Waals surface area contributed by atoms with Gasteiger partial charge in [0.25, 0.3) is 0 Å². The zero-order valence-electron chi connectivity index (χ0n) is 14.7. The van der Waals surface area contributed by atoms with Gasteiger partial charge in [0.2, 0.25) is 5.91 Å². The van der Waals surface area contributed by atoms with Crippen molar-refractivity contribution in [2.24, 2.45) is 0 Å². The van der Waals surface area contributed by atoms with Gasteiger partial charge in [0.1, 0.15) is 5.75 Å². The van der Waals surface area contributed by atoms with E-state index in [2.05, 4.69) is 22.5 Å². The van der Waals surface area contributed by atoms with Gasteiger partial charge < -0.3 is 15.4 Å². The Morgan fingerprint density at radius 3 is 2.75 bits per heavy atom. The predicted molar refractivity (Wildman–Crippen MR) is 99.8 cm³/mol. The summed E-state index contributed by atoms with van der Waals surface area (Å²) >= 11 is 0. The van der Waals surface area contributed by atoms with Gasteiger partial charge in [-0.1, -0.05) is 19.1 Å². The van der Waals surface area contributed by atoms with Crippen LogP contribution in [0.15, 0.2) is 24.3 Å². The second-order valence-electron chi connectivity index (χ2n) is 6.13. The number of rotatable bonds is 8. The van der Waals surface area contributed by atoms with Crippen molar-refractivity contribution >= 4 is 18.3 Å². The van der Waals surface area contributed by atoms with Crippen molar-refractivity contribution in [3.8, 4) is 5.75 Å². The number of nitrogens with zero attached hydrogens (tertiary/aromatic N) is 1. The Labute approximate surface area is 151 Å². The van der Waals surface area contributed by atoms with Gasteiger partial charge in [-0.15, -0.1) is 12.4 Å². The molecule has 0 radical (unpaired) electrons. The van der Waals surface area contributed by atoms with Gasteiger partial charge >= 0.3 is 0 Å². The van der Waals surface area contributed by atoms with Crippen molar-refractivity contribution in [3.05, 3.63) is 29.8 Å². The number of carbonyl (C=O) groups excluding carboxylic acids is 1. The highest BCUT2D eigenvalue weighted by molar-refractivity contribution is 5.85. The normalized spacial score (nSPS) is 17.8. The lowest BCUT2D eigenvalue weighted by Crippen LogP contribution is -2.47. The van der Waals surface area contributed by atoms with Gasteiger partial charge in [0.15, 0.2) is 0 Å². The molecule has 1 atom stereocenters. The van der Waals surface area contributed by atoms with Crippen LogP contribution >= 0.6 is 12.4 Å². The second-order valence-corrected chi connectivity index (χ2v) is 6.13. The molecule has 136 valence electrons. The molecule has 2 N–H and O–H groups in total. The second kappa shape index (κ2) is 11.3. The lowest BCUT2D eigenvalue weighted by atomic mass is 10.1. The largest absolute Gasteiger partial charge is 0.494 e. The maximum Gasteiger partial charge on any atom is 0.234 e. The molecule has 1 saturated heterocycles. The molecule has 1 aromatic carbocycles. The Kier molecular flexibility index (Phi) is 9.76. The number of halogens is 1. The van der Waals surface area contributed by atoms with Crippen LogP contribution in [0.25, 0.3) is 0 Å². The molecule has 0 bridgehead atoms. The molecule has 0 aromatic heterocycles. The summed E-state index contributed by atoms with van der Waals surface area (Å²) in [5, 5.41) is 6.30. The summed E-state index contributed by atoms with van der Waals surface area (Å²) in [4.78, 5) is 14.3. The third kappa shape index (κ3) is 7.07. The quantitative estimate of drug-likeness (QED) is 0.750. The van der Waals surface area contributed by atoms with E-state index in [-0.39, 0.29) is 18.3 Å². The molecule has 0 saturated carbocycles. The molecule has 1 unspecified atom stereocenters. The maximum atomic E-state index is 12.1. The number of nitrogens with one attached hydrogen (secondary N) is 2. The number of likely N-dealkylation sites (tertiary alicyclic amines) is 1. The first-order valence-electron chi connectivity index (χ1n) is 8.59. The number of hydrogen-bond acceptors (Lipinski definition) is 4. The third-order valence-corrected chi connectivity index (χ3v) is 4.17. The lowest BCUT2D eigenvalue weighted by molar-refractivity contribution is -0.122. The number of likely N-dealkylation sites (N-methyl/N-ethyl adjacent to an activating group) is 1. The van der Waals surface area contributed by atoms with E-state index in [4.69, 9.17) is 4.74 Å². The zero-order chi connectivity index (χ0) is 16.5. The van der Waals surface area contributed by atoms with E-state index >= 15 is 0 Å². The highest BCUT2D eigenvalue weighted by Crippen LogP contribution is 2.12. The monoisotopic (exact) mass is 355 g/mol. The molecule has 1 heterocycles. The smallest absolute Gasteiger partial charge is 0.234 e. The summed E-state index contributed by atoms with van der Waals surface area (Å²) in [6, 6.07) is 8.43. The zero-order valence-corrected chi connectivity index (χ0v) is 15.5. The topological polar surface area (TPSA) is 53.6 Å². The minimum atomic E-state index is 0. The number of carbonyl (C=O) groups is 1. The van der Waals surface area contributed by atoms with Crippen LogP contribution < -0.4 is 15.4 Å². The summed E-state index contributed by atoms with van der Waals surface area (Å²) in [5.41, 5.74) is 1.09. The molecule has 1 aliphatic heterocycles. The summed E-state index contributed by atoms with van der Waals surface area (Å²) in [6.07, 6.45) is 3.35. The van der Waals surface area contributed by atoms with Crippen LogP contribution in [-0.2, 0) is 11.3 Å². The van der Waals surface area contributed by atoms with Gasteiger partial charge in [-0.2, -0.15) is 0 Å². The molecule has 2 rings (SSSR count). The van der Waals surface area contributed by atoms with E-state index in [0.717, 1.165) is 43.9 Å². The van der Waals surface area contributed by atoms with Gasteiger partial charge in [0, 0.05) is 19.1 Å². The average molecular weight is 356 g/mol. The van der Waals surface area contributed by atoms with E-state index < -0.39 is 0 Å². The molecular weight excluding hydrogens is 326 g/mol. The number of ether oxygens (including phenoxy) is 1. The number of hydrogen-bond donors (Lipinski definition) is 2. The molecular formula is C18H30ClN3O2. The fourth-order valence-corrected chi connectivity index (χ4v) is 2.82. The van der Waals surface area contributed by atoms with Crippen LogP contribution in [0, 0.1) is 0 Å². The van der Waals surface area contributed by atoms with Gasteiger partial charge in [0.05, 0.1) is 13.2 Å². The Morgan fingerprint density at radius 2 is 2.08 bits per heavy atom. The van der Waals surface area contributed by atoms with E-state index in [1.54, 1.807) is 0 Å². The Bertz CT molecular complexity index is 482. The van der Waals surface area contributed by atoms with Crippen LogP contribution in [0.3, 0.4) is 0 Å². The maximum absolute atomic E-state index is 12.1. The van der Waals surface area contributed by atoms with Gasteiger partial charge in [-0.05, 0) is 50.6 Å². The highest BCUT2D eigenvalue weighted by atomic mass is 35.5. The average Bonchev–Trinajstić information content (AvgIpc) is 2.59. The van der Waals surface area contributed by atoms with Crippen molar-refractivity contribution in [2.45, 2.75) is 38.8 Å². The van der Waals surface area contributed by atoms with Gasteiger partial charge in [-0.3, -0.25) is 9.69 Å². The minimum Gasteiger partial charge on any atom is -0.494 e. The SMILES string of the molecule is CCCOc1ccc(CNC(=O)CN2CCCC(NC)C2)cc1.Cl. The van der Waals surface area contributed by atoms with Crippen molar-refractivity contribution in [3.63, 3.8) is 0 Å². The Morgan fingerprint density at radius 1 is 1.33 bits per heavy atom. The van der Waals surface area contributed by atoms with Crippen molar-refractivity contribution < 1.29 is 9.53 Å². The molecule has 1 aliphatic rings. The Hall–Kier alpha value is -1.30. The molecule has 1 aromatic rings. The van der Waals surface area contributed by atoms with Crippen molar-refractivity contribution in [1.29, 1.82) is 0 Å². The summed E-state index contributed by atoms with van der Waals surface area (Å²) in [5.74, 6) is 0.974. The Balaban J connectivity index is 0.00000288. The number of piperidine rings is 1. The van der Waals surface area contributed by atoms with Crippen LogP contribution in [0.4, 0.5) is 0 Å². The number of benzene rings is 1.